The van der Waals surface area contributed by atoms with Crippen LogP contribution in [0.4, 0.5) is 0 Å². The number of piperazine rings is 1. The summed E-state index contributed by atoms with van der Waals surface area (Å²) in [4.78, 5) is 5.03. The van der Waals surface area contributed by atoms with Gasteiger partial charge < -0.3 is 14.7 Å². The van der Waals surface area contributed by atoms with E-state index in [1.165, 1.54) is 5.56 Å². The Kier molecular flexibility index (Phi) is 4.91. The van der Waals surface area contributed by atoms with Gasteiger partial charge in [-0.15, -0.1) is 0 Å². The zero-order valence-corrected chi connectivity index (χ0v) is 12.7. The number of ether oxygens (including phenoxy) is 1. The predicted octanol–water partition coefficient (Wildman–Crippen LogP) is 0.856. The Morgan fingerprint density at radius 1 is 1.00 bits per heavy atom. The highest BCUT2D eigenvalue weighted by Gasteiger charge is 2.39. The number of benzene rings is 1. The summed E-state index contributed by atoms with van der Waals surface area (Å²) >= 11 is 0. The van der Waals surface area contributed by atoms with Gasteiger partial charge in [0.15, 0.2) is 0 Å². The van der Waals surface area contributed by atoms with Gasteiger partial charge in [0.2, 0.25) is 0 Å². The predicted molar refractivity (Wildman–Crippen MR) is 83.4 cm³/mol. The second-order valence-corrected chi connectivity index (χ2v) is 6.50. The van der Waals surface area contributed by atoms with Crippen molar-refractivity contribution < 1.29 is 9.84 Å². The summed E-state index contributed by atoms with van der Waals surface area (Å²) in [6, 6.07) is 10.7. The highest BCUT2D eigenvalue weighted by Crippen LogP contribution is 2.28. The Morgan fingerprint density at radius 3 is 2.24 bits per heavy atom. The average Bonchev–Trinajstić information content (AvgIpc) is 2.51. The lowest BCUT2D eigenvalue weighted by Gasteiger charge is -2.45. The summed E-state index contributed by atoms with van der Waals surface area (Å²) in [5.41, 5.74) is 1.44. The molecule has 1 N–H and O–H groups in total. The lowest BCUT2D eigenvalue weighted by molar-refractivity contribution is -0.150. The van der Waals surface area contributed by atoms with Crippen molar-refractivity contribution in [3.63, 3.8) is 0 Å². The standard InChI is InChI=1S/C17H26N2O2/c20-13-17(14-21-15-17)12-19-10-8-18(9-11-19)7-6-16-4-2-1-3-5-16/h1-5,20H,6-15H2. The lowest BCUT2D eigenvalue weighted by atomic mass is 9.86. The van der Waals surface area contributed by atoms with Crippen molar-refractivity contribution in [3.8, 4) is 0 Å². The largest absolute Gasteiger partial charge is 0.396 e. The Morgan fingerprint density at radius 2 is 1.67 bits per heavy atom. The normalized spacial score (nSPS) is 22.9. The summed E-state index contributed by atoms with van der Waals surface area (Å²) in [6.45, 7) is 8.30. The van der Waals surface area contributed by atoms with E-state index in [2.05, 4.69) is 40.1 Å². The maximum atomic E-state index is 9.51. The molecule has 0 spiro atoms. The number of hydrogen-bond donors (Lipinski definition) is 1. The molecule has 0 saturated carbocycles. The van der Waals surface area contributed by atoms with Crippen molar-refractivity contribution in [2.75, 3.05) is 59.1 Å². The zero-order chi connectivity index (χ0) is 14.5. The number of hydrogen-bond acceptors (Lipinski definition) is 4. The van der Waals surface area contributed by atoms with Crippen molar-refractivity contribution >= 4 is 0 Å². The van der Waals surface area contributed by atoms with Gasteiger partial charge in [-0.3, -0.25) is 4.90 Å². The second-order valence-electron chi connectivity index (χ2n) is 6.50. The molecule has 2 aliphatic rings. The molecule has 0 amide bonds. The maximum absolute atomic E-state index is 9.51. The summed E-state index contributed by atoms with van der Waals surface area (Å²) in [5.74, 6) is 0. The Labute approximate surface area is 127 Å². The molecule has 1 aromatic rings. The van der Waals surface area contributed by atoms with Gasteiger partial charge >= 0.3 is 0 Å². The molecule has 0 atom stereocenters. The van der Waals surface area contributed by atoms with Gasteiger partial charge in [0.05, 0.1) is 25.2 Å². The van der Waals surface area contributed by atoms with E-state index >= 15 is 0 Å². The van der Waals surface area contributed by atoms with Gasteiger partial charge in [-0.1, -0.05) is 30.3 Å². The molecule has 3 rings (SSSR count). The highest BCUT2D eigenvalue weighted by atomic mass is 16.5. The van der Waals surface area contributed by atoms with Crippen LogP contribution in [0, 0.1) is 5.41 Å². The third kappa shape index (κ3) is 3.83. The summed E-state index contributed by atoms with van der Waals surface area (Å²) in [5, 5.41) is 9.51. The number of aliphatic hydroxyl groups excluding tert-OH is 1. The topological polar surface area (TPSA) is 35.9 Å². The van der Waals surface area contributed by atoms with E-state index in [1.807, 2.05) is 0 Å². The quantitative estimate of drug-likeness (QED) is 0.843. The molecule has 4 heteroatoms. The third-order valence-corrected chi connectivity index (χ3v) is 4.74. The van der Waals surface area contributed by atoms with E-state index in [-0.39, 0.29) is 12.0 Å². The van der Waals surface area contributed by atoms with Crippen LogP contribution < -0.4 is 0 Å². The molecule has 0 aliphatic carbocycles. The van der Waals surface area contributed by atoms with Crippen LogP contribution in [0.25, 0.3) is 0 Å². The van der Waals surface area contributed by atoms with Crippen molar-refractivity contribution in [3.05, 3.63) is 35.9 Å². The molecule has 2 saturated heterocycles. The van der Waals surface area contributed by atoms with Crippen LogP contribution in [0.1, 0.15) is 5.56 Å². The molecule has 116 valence electrons. The van der Waals surface area contributed by atoms with Crippen LogP contribution in [0.15, 0.2) is 30.3 Å². The molecule has 2 heterocycles. The first-order valence-corrected chi connectivity index (χ1v) is 7.97. The van der Waals surface area contributed by atoms with Gasteiger partial charge in [0.25, 0.3) is 0 Å². The van der Waals surface area contributed by atoms with E-state index in [9.17, 15) is 5.11 Å². The molecular weight excluding hydrogens is 264 g/mol. The molecule has 2 aliphatic heterocycles. The molecule has 0 aromatic heterocycles. The number of rotatable bonds is 6. The van der Waals surface area contributed by atoms with Crippen molar-refractivity contribution in [1.82, 2.24) is 9.80 Å². The monoisotopic (exact) mass is 290 g/mol. The van der Waals surface area contributed by atoms with Crippen LogP contribution in [-0.2, 0) is 11.2 Å². The van der Waals surface area contributed by atoms with Gasteiger partial charge in [0, 0.05) is 39.3 Å². The van der Waals surface area contributed by atoms with Crippen molar-refractivity contribution in [2.24, 2.45) is 5.41 Å². The smallest absolute Gasteiger partial charge is 0.0579 e. The average molecular weight is 290 g/mol. The number of aliphatic hydroxyl groups is 1. The fourth-order valence-electron chi connectivity index (χ4n) is 3.20. The van der Waals surface area contributed by atoms with Crippen LogP contribution in [-0.4, -0.2) is 74.0 Å². The molecule has 4 nitrogen and oxygen atoms in total. The van der Waals surface area contributed by atoms with Crippen LogP contribution in [0.2, 0.25) is 0 Å². The minimum absolute atomic E-state index is 0.0200. The van der Waals surface area contributed by atoms with Gasteiger partial charge in [-0.05, 0) is 12.0 Å². The van der Waals surface area contributed by atoms with E-state index in [0.29, 0.717) is 0 Å². The third-order valence-electron chi connectivity index (χ3n) is 4.74. The van der Waals surface area contributed by atoms with Gasteiger partial charge in [-0.2, -0.15) is 0 Å². The Balaban J connectivity index is 1.39. The van der Waals surface area contributed by atoms with Crippen molar-refractivity contribution in [2.45, 2.75) is 6.42 Å². The minimum Gasteiger partial charge on any atom is -0.396 e. The van der Waals surface area contributed by atoms with E-state index in [1.54, 1.807) is 0 Å². The molecule has 0 unspecified atom stereocenters. The second kappa shape index (κ2) is 6.88. The van der Waals surface area contributed by atoms with Gasteiger partial charge in [-0.25, -0.2) is 0 Å². The molecule has 2 fully saturated rings. The summed E-state index contributed by atoms with van der Waals surface area (Å²) in [7, 11) is 0. The molecular formula is C17H26N2O2. The summed E-state index contributed by atoms with van der Waals surface area (Å²) < 4.78 is 5.28. The van der Waals surface area contributed by atoms with E-state index in [4.69, 9.17) is 4.74 Å². The minimum atomic E-state index is 0.0200. The summed E-state index contributed by atoms with van der Waals surface area (Å²) in [6.07, 6.45) is 1.13. The Hall–Kier alpha value is -0.940. The highest BCUT2D eigenvalue weighted by molar-refractivity contribution is 5.14. The van der Waals surface area contributed by atoms with Crippen molar-refractivity contribution in [1.29, 1.82) is 0 Å². The zero-order valence-electron chi connectivity index (χ0n) is 12.7. The first kappa shape index (κ1) is 15.0. The lowest BCUT2D eigenvalue weighted by Crippen LogP contribution is -2.57. The van der Waals surface area contributed by atoms with Gasteiger partial charge in [0.1, 0.15) is 0 Å². The van der Waals surface area contributed by atoms with Crippen LogP contribution in [0.3, 0.4) is 0 Å². The van der Waals surface area contributed by atoms with E-state index in [0.717, 1.165) is 58.9 Å². The fourth-order valence-corrected chi connectivity index (χ4v) is 3.20. The first-order chi connectivity index (χ1) is 10.3. The first-order valence-electron chi connectivity index (χ1n) is 7.97. The SMILES string of the molecule is OCC1(CN2CCN(CCc3ccccc3)CC2)COC1. The van der Waals surface area contributed by atoms with E-state index < -0.39 is 0 Å². The molecule has 1 aromatic carbocycles. The van der Waals surface area contributed by atoms with Crippen LogP contribution >= 0.6 is 0 Å². The maximum Gasteiger partial charge on any atom is 0.0579 e. The molecule has 0 radical (unpaired) electrons. The fraction of sp³-hybridized carbons (Fsp3) is 0.647. The Bertz CT molecular complexity index is 420. The van der Waals surface area contributed by atoms with Crippen LogP contribution in [0.5, 0.6) is 0 Å². The number of nitrogens with zero attached hydrogens (tertiary/aromatic N) is 2. The molecule has 0 bridgehead atoms. The molecule has 21 heavy (non-hydrogen) atoms.